The quantitative estimate of drug-likeness (QED) is 0.546. The number of nitrogens with zero attached hydrogens (tertiary/aromatic N) is 4. The Morgan fingerprint density at radius 1 is 1.07 bits per heavy atom. The molecule has 0 atom stereocenters. The Balaban J connectivity index is 1.51. The van der Waals surface area contributed by atoms with E-state index in [9.17, 15) is 14.4 Å². The van der Waals surface area contributed by atoms with Crippen molar-refractivity contribution >= 4 is 23.4 Å². The molecule has 0 bridgehead atoms. The second-order valence-corrected chi connectivity index (χ2v) is 7.45. The van der Waals surface area contributed by atoms with Crippen LogP contribution in [0.1, 0.15) is 39.1 Å². The summed E-state index contributed by atoms with van der Waals surface area (Å²) in [6.45, 7) is 6.31. The molecule has 0 radical (unpaired) electrons. The highest BCUT2D eigenvalue weighted by molar-refractivity contribution is 6.23. The van der Waals surface area contributed by atoms with Crippen molar-refractivity contribution in [1.82, 2.24) is 14.8 Å². The van der Waals surface area contributed by atoms with E-state index in [1.807, 2.05) is 23.1 Å². The average Bonchev–Trinajstić information content (AvgIpc) is 3.03. The van der Waals surface area contributed by atoms with Crippen molar-refractivity contribution in [2.75, 3.05) is 31.1 Å². The third-order valence-corrected chi connectivity index (χ3v) is 5.58. The standard InChI is InChI=1S/C23H24N4O3/c1-2-3-9-20(28)26-13-11-25(12-14-26)19-8-4-7-18-21(19)23(30)27(22(18)29)16-17-6-5-10-24-15-17/h2,4-8,10,15H,1,3,9,11-14,16H2. The van der Waals surface area contributed by atoms with E-state index in [1.165, 1.54) is 4.90 Å². The van der Waals surface area contributed by atoms with E-state index >= 15 is 0 Å². The van der Waals surface area contributed by atoms with Crippen molar-refractivity contribution in [1.29, 1.82) is 0 Å². The van der Waals surface area contributed by atoms with Crippen molar-refractivity contribution in [3.05, 3.63) is 72.1 Å². The molecule has 1 aromatic carbocycles. The summed E-state index contributed by atoms with van der Waals surface area (Å²) in [7, 11) is 0. The lowest BCUT2D eigenvalue weighted by molar-refractivity contribution is -0.131. The van der Waals surface area contributed by atoms with E-state index in [0.717, 1.165) is 11.3 Å². The Morgan fingerprint density at radius 2 is 1.87 bits per heavy atom. The number of aromatic nitrogens is 1. The van der Waals surface area contributed by atoms with Crippen molar-refractivity contribution in [2.45, 2.75) is 19.4 Å². The number of pyridine rings is 1. The minimum atomic E-state index is -0.279. The fraction of sp³-hybridized carbons (Fsp3) is 0.304. The summed E-state index contributed by atoms with van der Waals surface area (Å²) >= 11 is 0. The molecule has 3 heterocycles. The molecule has 2 aliphatic heterocycles. The van der Waals surface area contributed by atoms with Crippen molar-refractivity contribution < 1.29 is 14.4 Å². The summed E-state index contributed by atoms with van der Waals surface area (Å²) in [6, 6.07) is 9.04. The summed E-state index contributed by atoms with van der Waals surface area (Å²) in [5, 5.41) is 0. The number of carbonyl (C=O) groups excluding carboxylic acids is 3. The molecule has 7 nitrogen and oxygen atoms in total. The van der Waals surface area contributed by atoms with E-state index in [-0.39, 0.29) is 24.3 Å². The van der Waals surface area contributed by atoms with Gasteiger partial charge in [0.25, 0.3) is 11.8 Å². The monoisotopic (exact) mass is 404 g/mol. The molecular weight excluding hydrogens is 380 g/mol. The summed E-state index contributed by atoms with van der Waals surface area (Å²) in [5.41, 5.74) is 2.46. The summed E-state index contributed by atoms with van der Waals surface area (Å²) in [6.07, 6.45) is 6.22. The molecule has 0 spiro atoms. The maximum atomic E-state index is 13.1. The number of piperazine rings is 1. The Bertz CT molecular complexity index is 981. The van der Waals surface area contributed by atoms with Crippen LogP contribution in [0.4, 0.5) is 5.69 Å². The summed E-state index contributed by atoms with van der Waals surface area (Å²) < 4.78 is 0. The Kier molecular flexibility index (Phi) is 5.61. The summed E-state index contributed by atoms with van der Waals surface area (Å²) in [5.74, 6) is -0.431. The van der Waals surface area contributed by atoms with Gasteiger partial charge in [-0.1, -0.05) is 18.2 Å². The molecule has 2 aliphatic rings. The van der Waals surface area contributed by atoms with Crippen LogP contribution in [0.25, 0.3) is 0 Å². The molecule has 0 saturated carbocycles. The highest BCUT2D eigenvalue weighted by Gasteiger charge is 2.38. The number of imide groups is 1. The minimum Gasteiger partial charge on any atom is -0.367 e. The van der Waals surface area contributed by atoms with Gasteiger partial charge in [-0.3, -0.25) is 24.3 Å². The third-order valence-electron chi connectivity index (χ3n) is 5.58. The van der Waals surface area contributed by atoms with Crippen LogP contribution < -0.4 is 4.90 Å². The molecule has 3 amide bonds. The van der Waals surface area contributed by atoms with Gasteiger partial charge in [0.05, 0.1) is 23.4 Å². The number of hydrogen-bond donors (Lipinski definition) is 0. The SMILES string of the molecule is C=CCCC(=O)N1CCN(c2cccc3c2C(=O)N(Cc2cccnc2)C3=O)CC1. The molecule has 30 heavy (non-hydrogen) atoms. The molecule has 1 saturated heterocycles. The molecule has 4 rings (SSSR count). The van der Waals surface area contributed by atoms with Crippen LogP contribution in [-0.4, -0.2) is 58.7 Å². The first-order valence-electron chi connectivity index (χ1n) is 10.1. The van der Waals surface area contributed by atoms with Crippen molar-refractivity contribution in [2.24, 2.45) is 0 Å². The molecule has 0 aliphatic carbocycles. The third kappa shape index (κ3) is 3.70. The highest BCUT2D eigenvalue weighted by atomic mass is 16.2. The number of allylic oxidation sites excluding steroid dienone is 1. The smallest absolute Gasteiger partial charge is 0.263 e. The number of anilines is 1. The van der Waals surface area contributed by atoms with Crippen LogP contribution in [-0.2, 0) is 11.3 Å². The van der Waals surface area contributed by atoms with Crippen LogP contribution in [0.3, 0.4) is 0 Å². The fourth-order valence-electron chi connectivity index (χ4n) is 3.98. The van der Waals surface area contributed by atoms with Crippen molar-refractivity contribution in [3.8, 4) is 0 Å². The second kappa shape index (κ2) is 8.49. The van der Waals surface area contributed by atoms with Crippen molar-refractivity contribution in [3.63, 3.8) is 0 Å². The number of hydrogen-bond acceptors (Lipinski definition) is 5. The van der Waals surface area contributed by atoms with Gasteiger partial charge in [-0.25, -0.2) is 0 Å². The van der Waals surface area contributed by atoms with Gasteiger partial charge in [0, 0.05) is 45.0 Å². The van der Waals surface area contributed by atoms with Crippen LogP contribution in [0.5, 0.6) is 0 Å². The second-order valence-electron chi connectivity index (χ2n) is 7.45. The molecule has 2 aromatic rings. The zero-order valence-corrected chi connectivity index (χ0v) is 16.8. The maximum absolute atomic E-state index is 13.1. The predicted octanol–water partition coefficient (Wildman–Crippen LogP) is 2.49. The zero-order valence-electron chi connectivity index (χ0n) is 16.8. The van der Waals surface area contributed by atoms with Crippen LogP contribution in [0.2, 0.25) is 0 Å². The lowest BCUT2D eigenvalue weighted by atomic mass is 10.1. The van der Waals surface area contributed by atoms with Gasteiger partial charge in [0.2, 0.25) is 5.91 Å². The molecular formula is C23H24N4O3. The molecule has 7 heteroatoms. The van der Waals surface area contributed by atoms with E-state index in [2.05, 4.69) is 16.5 Å². The molecule has 1 fully saturated rings. The van der Waals surface area contributed by atoms with E-state index in [4.69, 9.17) is 0 Å². The maximum Gasteiger partial charge on any atom is 0.263 e. The zero-order chi connectivity index (χ0) is 21.1. The van der Waals surface area contributed by atoms with Crippen LogP contribution in [0, 0.1) is 0 Å². The van der Waals surface area contributed by atoms with Gasteiger partial charge in [-0.15, -0.1) is 6.58 Å². The first-order valence-corrected chi connectivity index (χ1v) is 10.1. The topological polar surface area (TPSA) is 73.8 Å². The summed E-state index contributed by atoms with van der Waals surface area (Å²) in [4.78, 5) is 47.6. The minimum absolute atomic E-state index is 0.127. The Morgan fingerprint density at radius 3 is 2.57 bits per heavy atom. The van der Waals surface area contributed by atoms with E-state index < -0.39 is 0 Å². The van der Waals surface area contributed by atoms with Gasteiger partial charge >= 0.3 is 0 Å². The highest BCUT2D eigenvalue weighted by Crippen LogP contribution is 2.33. The van der Waals surface area contributed by atoms with Crippen LogP contribution in [0.15, 0.2) is 55.4 Å². The molecule has 1 aromatic heterocycles. The van der Waals surface area contributed by atoms with Gasteiger partial charge in [0.1, 0.15) is 0 Å². The lowest BCUT2D eigenvalue weighted by Gasteiger charge is -2.36. The fourth-order valence-corrected chi connectivity index (χ4v) is 3.98. The first-order chi connectivity index (χ1) is 14.6. The normalized spacial score (nSPS) is 16.1. The van der Waals surface area contributed by atoms with Gasteiger partial charge in [-0.2, -0.15) is 0 Å². The average molecular weight is 404 g/mol. The first kappa shape index (κ1) is 19.8. The van der Waals surface area contributed by atoms with E-state index in [1.54, 1.807) is 30.6 Å². The predicted molar refractivity (Wildman–Crippen MR) is 113 cm³/mol. The number of carbonyl (C=O) groups is 3. The number of amides is 3. The molecule has 0 N–H and O–H groups in total. The number of rotatable bonds is 6. The lowest BCUT2D eigenvalue weighted by Crippen LogP contribution is -2.49. The van der Waals surface area contributed by atoms with Gasteiger partial charge in [-0.05, 0) is 30.2 Å². The Labute approximate surface area is 175 Å². The van der Waals surface area contributed by atoms with Crippen LogP contribution >= 0.6 is 0 Å². The largest absolute Gasteiger partial charge is 0.367 e. The van der Waals surface area contributed by atoms with Gasteiger partial charge in [0.15, 0.2) is 0 Å². The molecule has 154 valence electrons. The number of benzene rings is 1. The Hall–Kier alpha value is -3.48. The van der Waals surface area contributed by atoms with Gasteiger partial charge < -0.3 is 9.80 Å². The number of fused-ring (bicyclic) bond motifs is 1. The van der Waals surface area contributed by atoms with E-state index in [0.29, 0.717) is 50.1 Å². The molecule has 0 unspecified atom stereocenters.